The summed E-state index contributed by atoms with van der Waals surface area (Å²) in [5.74, 6) is 0.00898. The highest BCUT2D eigenvalue weighted by molar-refractivity contribution is 8.00. The second-order valence-corrected chi connectivity index (χ2v) is 6.49. The van der Waals surface area contributed by atoms with Crippen molar-refractivity contribution >= 4 is 35.0 Å². The van der Waals surface area contributed by atoms with Crippen molar-refractivity contribution in [3.8, 4) is 6.07 Å². The number of hydrogen-bond donors (Lipinski definition) is 1. The summed E-state index contributed by atoms with van der Waals surface area (Å²) in [6, 6.07) is 9.15. The summed E-state index contributed by atoms with van der Waals surface area (Å²) in [6.07, 6.45) is 0. The molecule has 1 aromatic heterocycles. The van der Waals surface area contributed by atoms with E-state index in [4.69, 9.17) is 11.6 Å². The number of halogens is 1. The fourth-order valence-corrected chi connectivity index (χ4v) is 3.12. The molecule has 6 heteroatoms. The average Bonchev–Trinajstić information content (AvgIpc) is 2.51. The van der Waals surface area contributed by atoms with Crippen LogP contribution in [-0.2, 0) is 4.79 Å². The van der Waals surface area contributed by atoms with Gasteiger partial charge in [-0.05, 0) is 50.1 Å². The Bertz CT molecular complexity index is 799. The van der Waals surface area contributed by atoms with Crippen molar-refractivity contribution in [2.75, 3.05) is 11.1 Å². The van der Waals surface area contributed by atoms with E-state index in [1.165, 1.54) is 11.8 Å². The van der Waals surface area contributed by atoms with Gasteiger partial charge >= 0.3 is 0 Å². The summed E-state index contributed by atoms with van der Waals surface area (Å²) >= 11 is 7.15. The van der Waals surface area contributed by atoms with E-state index in [9.17, 15) is 10.1 Å². The van der Waals surface area contributed by atoms with Crippen LogP contribution in [0.3, 0.4) is 0 Å². The summed E-state index contributed by atoms with van der Waals surface area (Å²) in [4.78, 5) is 16.5. The minimum absolute atomic E-state index is 0.168. The minimum Gasteiger partial charge on any atom is -0.325 e. The lowest BCUT2D eigenvalue weighted by atomic mass is 10.1. The van der Waals surface area contributed by atoms with Crippen LogP contribution in [0.2, 0.25) is 5.02 Å². The van der Waals surface area contributed by atoms with Crippen LogP contribution in [0.4, 0.5) is 5.69 Å². The predicted molar refractivity (Wildman–Crippen MR) is 94.0 cm³/mol. The van der Waals surface area contributed by atoms with E-state index >= 15 is 0 Å². The normalized spacial score (nSPS) is 10.2. The summed E-state index contributed by atoms with van der Waals surface area (Å²) in [6.45, 7) is 5.75. The van der Waals surface area contributed by atoms with E-state index in [-0.39, 0.29) is 11.7 Å². The van der Waals surface area contributed by atoms with Gasteiger partial charge in [0.05, 0.1) is 11.3 Å². The van der Waals surface area contributed by atoms with Gasteiger partial charge < -0.3 is 5.32 Å². The number of aryl methyl sites for hydroxylation is 1. The first-order chi connectivity index (χ1) is 10.9. The van der Waals surface area contributed by atoms with Gasteiger partial charge in [0.2, 0.25) is 5.91 Å². The number of carbonyl (C=O) groups excluding carboxylic acids is 1. The van der Waals surface area contributed by atoms with Crippen molar-refractivity contribution in [1.29, 1.82) is 5.26 Å². The predicted octanol–water partition coefficient (Wildman–Crippen LogP) is 4.26. The number of amides is 1. The van der Waals surface area contributed by atoms with E-state index in [0.29, 0.717) is 21.3 Å². The molecule has 0 spiro atoms. The molecule has 118 valence electrons. The van der Waals surface area contributed by atoms with Crippen LogP contribution in [0.5, 0.6) is 0 Å². The third-order valence-electron chi connectivity index (χ3n) is 3.52. The highest BCUT2D eigenvalue weighted by atomic mass is 35.5. The molecular formula is C17H16ClN3OS. The van der Waals surface area contributed by atoms with Gasteiger partial charge in [0.25, 0.3) is 0 Å². The quantitative estimate of drug-likeness (QED) is 0.841. The van der Waals surface area contributed by atoms with Gasteiger partial charge in [0, 0.05) is 16.4 Å². The summed E-state index contributed by atoms with van der Waals surface area (Å²) in [7, 11) is 0. The molecular weight excluding hydrogens is 330 g/mol. The van der Waals surface area contributed by atoms with Crippen molar-refractivity contribution in [2.24, 2.45) is 0 Å². The zero-order valence-corrected chi connectivity index (χ0v) is 14.7. The molecule has 0 unspecified atom stereocenters. The number of benzene rings is 1. The van der Waals surface area contributed by atoms with Crippen LogP contribution in [0, 0.1) is 32.1 Å². The maximum absolute atomic E-state index is 12.0. The third-order valence-corrected chi connectivity index (χ3v) is 4.73. The van der Waals surface area contributed by atoms with Gasteiger partial charge in [-0.15, -0.1) is 0 Å². The van der Waals surface area contributed by atoms with Crippen LogP contribution in [-0.4, -0.2) is 16.6 Å². The van der Waals surface area contributed by atoms with E-state index in [1.807, 2.05) is 20.8 Å². The lowest BCUT2D eigenvalue weighted by Gasteiger charge is -2.11. The second kappa shape index (κ2) is 7.49. The van der Waals surface area contributed by atoms with E-state index in [2.05, 4.69) is 16.4 Å². The number of pyridine rings is 1. The number of nitrogens with zero attached hydrogens (tertiary/aromatic N) is 2. The molecule has 0 radical (unpaired) electrons. The van der Waals surface area contributed by atoms with Gasteiger partial charge in [-0.25, -0.2) is 4.98 Å². The molecule has 0 bridgehead atoms. The second-order valence-electron chi connectivity index (χ2n) is 5.09. The average molecular weight is 346 g/mol. The molecule has 2 aromatic rings. The van der Waals surface area contributed by atoms with Gasteiger partial charge in [-0.2, -0.15) is 5.26 Å². The number of nitriles is 1. The number of nitrogens with one attached hydrogen (secondary N) is 1. The maximum Gasteiger partial charge on any atom is 0.234 e. The molecule has 0 aliphatic heterocycles. The topological polar surface area (TPSA) is 65.8 Å². The van der Waals surface area contributed by atoms with E-state index < -0.39 is 0 Å². The van der Waals surface area contributed by atoms with Crippen LogP contribution in [0.25, 0.3) is 0 Å². The molecule has 1 aromatic carbocycles. The fourth-order valence-electron chi connectivity index (χ4n) is 2.04. The summed E-state index contributed by atoms with van der Waals surface area (Å²) < 4.78 is 0. The fraction of sp³-hybridized carbons (Fsp3) is 0.235. The van der Waals surface area contributed by atoms with Crippen LogP contribution < -0.4 is 5.32 Å². The molecule has 0 saturated heterocycles. The van der Waals surface area contributed by atoms with Gasteiger partial charge in [-0.1, -0.05) is 29.4 Å². The molecule has 0 fully saturated rings. The lowest BCUT2D eigenvalue weighted by Crippen LogP contribution is -2.14. The molecule has 1 amide bonds. The van der Waals surface area contributed by atoms with E-state index in [0.717, 1.165) is 16.8 Å². The Morgan fingerprint density at radius 3 is 2.74 bits per heavy atom. The number of carbonyl (C=O) groups is 1. The molecule has 0 saturated carbocycles. The molecule has 0 atom stereocenters. The smallest absolute Gasteiger partial charge is 0.234 e. The lowest BCUT2D eigenvalue weighted by molar-refractivity contribution is -0.113. The van der Waals surface area contributed by atoms with Crippen LogP contribution in [0.15, 0.2) is 29.3 Å². The Hall–Kier alpha value is -2.03. The van der Waals surface area contributed by atoms with Crippen molar-refractivity contribution in [2.45, 2.75) is 25.8 Å². The number of hydrogen-bond acceptors (Lipinski definition) is 4. The first-order valence-electron chi connectivity index (χ1n) is 6.98. The van der Waals surface area contributed by atoms with Crippen molar-refractivity contribution in [3.05, 3.63) is 51.7 Å². The number of anilines is 1. The van der Waals surface area contributed by atoms with Gasteiger partial charge in [0.15, 0.2) is 0 Å². The van der Waals surface area contributed by atoms with Crippen LogP contribution in [0.1, 0.15) is 22.4 Å². The standard InChI is InChI=1S/C17H16ClN3OS/c1-10-11(2)15(8-19)17(20-12(10)3)23-9-16(22)21-14-6-4-5-13(18)7-14/h4-7H,9H2,1-3H3,(H,21,22). The minimum atomic E-state index is -0.168. The Morgan fingerprint density at radius 1 is 1.35 bits per heavy atom. The third kappa shape index (κ3) is 4.25. The van der Waals surface area contributed by atoms with Gasteiger partial charge in [0.1, 0.15) is 11.1 Å². The molecule has 23 heavy (non-hydrogen) atoms. The van der Waals surface area contributed by atoms with Crippen LogP contribution >= 0.6 is 23.4 Å². The molecule has 0 aliphatic rings. The Kier molecular flexibility index (Phi) is 5.64. The molecule has 1 heterocycles. The SMILES string of the molecule is Cc1nc(SCC(=O)Nc2cccc(Cl)c2)c(C#N)c(C)c1C. The number of aromatic nitrogens is 1. The maximum atomic E-state index is 12.0. The van der Waals surface area contributed by atoms with E-state index in [1.54, 1.807) is 24.3 Å². The van der Waals surface area contributed by atoms with Gasteiger partial charge in [-0.3, -0.25) is 4.79 Å². The zero-order valence-electron chi connectivity index (χ0n) is 13.1. The highest BCUT2D eigenvalue weighted by Crippen LogP contribution is 2.26. The Balaban J connectivity index is 2.09. The zero-order chi connectivity index (χ0) is 17.0. The highest BCUT2D eigenvalue weighted by Gasteiger charge is 2.14. The Labute approximate surface area is 144 Å². The molecule has 2 rings (SSSR count). The molecule has 4 nitrogen and oxygen atoms in total. The number of thioether (sulfide) groups is 1. The first kappa shape index (κ1) is 17.3. The summed E-state index contributed by atoms with van der Waals surface area (Å²) in [5.41, 5.74) is 3.98. The molecule has 1 N–H and O–H groups in total. The summed E-state index contributed by atoms with van der Waals surface area (Å²) in [5, 5.41) is 13.3. The molecule has 0 aliphatic carbocycles. The van der Waals surface area contributed by atoms with Crippen molar-refractivity contribution < 1.29 is 4.79 Å². The Morgan fingerprint density at radius 2 is 2.09 bits per heavy atom. The van der Waals surface area contributed by atoms with Crippen molar-refractivity contribution in [1.82, 2.24) is 4.98 Å². The number of rotatable bonds is 4. The largest absolute Gasteiger partial charge is 0.325 e. The monoisotopic (exact) mass is 345 g/mol. The first-order valence-corrected chi connectivity index (χ1v) is 8.35. The van der Waals surface area contributed by atoms with Crippen molar-refractivity contribution in [3.63, 3.8) is 0 Å².